The predicted octanol–water partition coefficient (Wildman–Crippen LogP) is 1.89. The van der Waals surface area contributed by atoms with Gasteiger partial charge in [0.25, 0.3) is 5.91 Å². The molecule has 1 aliphatic heterocycles. The molecule has 2 aromatic rings. The summed E-state index contributed by atoms with van der Waals surface area (Å²) in [5, 5.41) is 9.98. The summed E-state index contributed by atoms with van der Waals surface area (Å²) in [4.78, 5) is 94.2. The summed E-state index contributed by atoms with van der Waals surface area (Å²) < 4.78 is 34.9. The van der Waals surface area contributed by atoms with Gasteiger partial charge in [0.1, 0.15) is 18.1 Å². The fraction of sp³-hybridized carbons (Fsp3) is 0.537. The molecule has 0 aromatic heterocycles. The van der Waals surface area contributed by atoms with Crippen molar-refractivity contribution in [2.45, 2.75) is 114 Å². The summed E-state index contributed by atoms with van der Waals surface area (Å²) >= 11 is 0. The molecule has 0 bridgehead atoms. The molecule has 0 radical (unpaired) electrons. The molecule has 1 saturated carbocycles. The predicted molar refractivity (Wildman–Crippen MR) is 216 cm³/mol. The van der Waals surface area contributed by atoms with Gasteiger partial charge in [-0.15, -0.1) is 0 Å². The number of nitrogens with zero attached hydrogens (tertiary/aromatic N) is 1. The number of amides is 6. The van der Waals surface area contributed by atoms with Crippen LogP contribution in [0.2, 0.25) is 0 Å². The number of nitrogens with two attached hydrogens (primary N) is 1. The first kappa shape index (κ1) is 46.3. The Balaban J connectivity index is 1.54. The van der Waals surface area contributed by atoms with Crippen molar-refractivity contribution < 1.29 is 46.7 Å². The van der Waals surface area contributed by atoms with Crippen molar-refractivity contribution in [2.24, 2.45) is 17.6 Å². The number of hydrogen-bond donors (Lipinski definition) is 6. The average Bonchev–Trinajstić information content (AvgIpc) is 3.63. The Kier molecular flexibility index (Phi) is 17.0. The van der Waals surface area contributed by atoms with Gasteiger partial charge in [0.15, 0.2) is 0 Å². The summed E-state index contributed by atoms with van der Waals surface area (Å²) in [5.41, 5.74) is 6.73. The Bertz CT molecular complexity index is 1920. The van der Waals surface area contributed by atoms with Gasteiger partial charge in [0, 0.05) is 12.6 Å². The first-order chi connectivity index (χ1) is 28.0. The third kappa shape index (κ3) is 13.3. The molecule has 1 heterocycles. The fourth-order valence-corrected chi connectivity index (χ4v) is 8.50. The molecule has 2 aliphatic rings. The van der Waals surface area contributed by atoms with Gasteiger partial charge in [-0.1, -0.05) is 94.5 Å². The summed E-state index contributed by atoms with van der Waals surface area (Å²) in [6.45, 7) is 6.48. The summed E-state index contributed by atoms with van der Waals surface area (Å²) in [6, 6.07) is 8.47. The van der Waals surface area contributed by atoms with E-state index in [4.69, 9.17) is 10.5 Å². The Hall–Kier alpha value is -5.36. The van der Waals surface area contributed by atoms with Crippen LogP contribution in [0.25, 0.3) is 0 Å². The van der Waals surface area contributed by atoms with E-state index in [9.17, 15) is 42.0 Å². The van der Waals surface area contributed by atoms with Crippen molar-refractivity contribution in [1.29, 1.82) is 0 Å². The molecule has 59 heavy (non-hydrogen) atoms. The SMILES string of the molecule is CCCC(NC(=O)C1C[C@H](NS(=O)(=O)c2ccc(C)cc2)CN1C(=O)[C@@H](NC(=O)OCC(C)C)C1CCCCC1)C(=O)C(=O)NCC(=O)N[C@H](C(N)=O)c1ccccc1. The van der Waals surface area contributed by atoms with Crippen LogP contribution in [-0.2, 0) is 43.5 Å². The monoisotopic (exact) mass is 839 g/mol. The first-order valence-electron chi connectivity index (χ1n) is 20.1. The van der Waals surface area contributed by atoms with Gasteiger partial charge in [0.2, 0.25) is 39.4 Å². The maximum atomic E-state index is 14.6. The van der Waals surface area contributed by atoms with Crippen molar-refractivity contribution in [2.75, 3.05) is 19.7 Å². The van der Waals surface area contributed by atoms with Crippen LogP contribution in [0.1, 0.15) is 89.3 Å². The maximum absolute atomic E-state index is 14.6. The number of rotatable bonds is 19. The zero-order valence-corrected chi connectivity index (χ0v) is 34.8. The minimum absolute atomic E-state index is 0.0120. The number of carbonyl (C=O) groups excluding carboxylic acids is 7. The van der Waals surface area contributed by atoms with E-state index in [1.54, 1.807) is 49.4 Å². The van der Waals surface area contributed by atoms with Crippen molar-refractivity contribution in [1.82, 2.24) is 30.9 Å². The van der Waals surface area contributed by atoms with Crippen molar-refractivity contribution >= 4 is 51.4 Å². The number of hydrogen-bond acceptors (Lipinski definition) is 10. The van der Waals surface area contributed by atoms with Crippen LogP contribution in [0.15, 0.2) is 59.5 Å². The first-order valence-corrected chi connectivity index (χ1v) is 21.6. The Morgan fingerprint density at radius 1 is 0.898 bits per heavy atom. The highest BCUT2D eigenvalue weighted by atomic mass is 32.2. The second-order valence-corrected chi connectivity index (χ2v) is 17.3. The highest BCUT2D eigenvalue weighted by Crippen LogP contribution is 2.30. The molecule has 2 fully saturated rings. The zero-order valence-electron chi connectivity index (χ0n) is 34.0. The topological polar surface area (TPSA) is 252 Å². The summed E-state index contributed by atoms with van der Waals surface area (Å²) in [5.74, 6) is -5.56. The highest BCUT2D eigenvalue weighted by Gasteiger charge is 2.46. The van der Waals surface area contributed by atoms with E-state index >= 15 is 0 Å². The number of sulfonamides is 1. The molecule has 4 rings (SSSR count). The molecule has 18 heteroatoms. The molecule has 6 amide bonds. The lowest BCUT2D eigenvalue weighted by atomic mass is 9.83. The van der Waals surface area contributed by atoms with Crippen LogP contribution < -0.4 is 31.7 Å². The molecule has 0 spiro atoms. The van der Waals surface area contributed by atoms with Gasteiger partial charge < -0.3 is 36.6 Å². The highest BCUT2D eigenvalue weighted by molar-refractivity contribution is 7.89. The number of aryl methyl sites for hydroxylation is 1. The van der Waals surface area contributed by atoms with E-state index in [-0.39, 0.29) is 42.7 Å². The third-order valence-corrected chi connectivity index (χ3v) is 11.9. The Labute approximate surface area is 345 Å². The Morgan fingerprint density at radius 2 is 1.56 bits per heavy atom. The second-order valence-electron chi connectivity index (χ2n) is 15.6. The molecular weight excluding hydrogens is 783 g/mol. The molecule has 2 unspecified atom stereocenters. The van der Waals surface area contributed by atoms with Crippen LogP contribution in [0, 0.1) is 18.8 Å². The van der Waals surface area contributed by atoms with E-state index in [0.29, 0.717) is 24.8 Å². The Morgan fingerprint density at radius 3 is 2.17 bits per heavy atom. The van der Waals surface area contributed by atoms with Gasteiger partial charge in [-0.05, 0) is 62.1 Å². The standard InChI is InChI=1S/C41H57N7O10S/c1-5-12-31(36(50)39(53)43-22-33(49)45-34(37(42)51)27-13-8-6-9-14-27)44-38(52)32-21-29(47-59(56,57)30-19-17-26(4)18-20-30)23-48(32)40(54)35(28-15-10-7-11-16-28)46-41(55)58-24-25(2)3/h6,8-9,13-14,17-20,25,28-29,31-32,34-35,47H,5,7,10-12,15-16,21-24H2,1-4H3,(H2,42,51)(H,43,53)(H,44,52)(H,45,49)(H,46,55)/t29-,31?,32?,34-,35-/m0/s1. The van der Waals surface area contributed by atoms with E-state index in [1.807, 2.05) is 20.8 Å². The fourth-order valence-electron chi connectivity index (χ4n) is 7.26. The minimum atomic E-state index is -4.11. The quantitative estimate of drug-likeness (QED) is 0.112. The largest absolute Gasteiger partial charge is 0.449 e. The molecule has 1 saturated heterocycles. The number of benzene rings is 2. The van der Waals surface area contributed by atoms with Crippen LogP contribution in [0.5, 0.6) is 0 Å². The van der Waals surface area contributed by atoms with E-state index in [2.05, 4.69) is 26.0 Å². The zero-order chi connectivity index (χ0) is 43.3. The maximum Gasteiger partial charge on any atom is 0.407 e. The number of carbonyl (C=O) groups is 7. The van der Waals surface area contributed by atoms with Crippen LogP contribution in [0.3, 0.4) is 0 Å². The number of ether oxygens (including phenoxy) is 1. The number of alkyl carbamates (subject to hydrolysis) is 1. The van der Waals surface area contributed by atoms with Gasteiger partial charge in [-0.25, -0.2) is 17.9 Å². The van der Waals surface area contributed by atoms with E-state index < -0.39 is 88.2 Å². The van der Waals surface area contributed by atoms with E-state index in [0.717, 1.165) is 24.8 Å². The molecule has 17 nitrogen and oxygen atoms in total. The van der Waals surface area contributed by atoms with Crippen molar-refractivity contribution in [3.05, 3.63) is 65.7 Å². The minimum Gasteiger partial charge on any atom is -0.449 e. The van der Waals surface area contributed by atoms with E-state index in [1.165, 1.54) is 17.0 Å². The second kappa shape index (κ2) is 21.6. The van der Waals surface area contributed by atoms with Crippen LogP contribution in [-0.4, -0.2) is 98.6 Å². The molecular formula is C41H57N7O10S. The van der Waals surface area contributed by atoms with Gasteiger partial charge in [-0.3, -0.25) is 28.8 Å². The smallest absolute Gasteiger partial charge is 0.407 e. The number of nitrogens with one attached hydrogen (secondary N) is 5. The van der Waals surface area contributed by atoms with Gasteiger partial charge in [-0.2, -0.15) is 0 Å². The summed E-state index contributed by atoms with van der Waals surface area (Å²) in [6.07, 6.45) is 3.25. The number of ketones is 1. The molecule has 322 valence electrons. The van der Waals surface area contributed by atoms with Gasteiger partial charge >= 0.3 is 6.09 Å². The normalized spacial score (nSPS) is 18.6. The van der Waals surface area contributed by atoms with Crippen molar-refractivity contribution in [3.63, 3.8) is 0 Å². The molecule has 5 atom stereocenters. The van der Waals surface area contributed by atoms with Crippen LogP contribution in [0.4, 0.5) is 4.79 Å². The lowest BCUT2D eigenvalue weighted by Gasteiger charge is -2.34. The molecule has 2 aromatic carbocycles. The van der Waals surface area contributed by atoms with Crippen LogP contribution >= 0.6 is 0 Å². The number of likely N-dealkylation sites (tertiary alicyclic amines) is 1. The molecule has 1 aliphatic carbocycles. The number of Topliss-reactive ketones (excluding diaryl/α,β-unsaturated/α-hetero) is 1. The van der Waals surface area contributed by atoms with Crippen molar-refractivity contribution in [3.8, 4) is 0 Å². The summed E-state index contributed by atoms with van der Waals surface area (Å²) in [7, 11) is -4.11. The molecule has 7 N–H and O–H groups in total. The lowest BCUT2D eigenvalue weighted by molar-refractivity contribution is -0.143. The average molecular weight is 840 g/mol. The lowest BCUT2D eigenvalue weighted by Crippen LogP contribution is -2.58. The number of primary amides is 1. The third-order valence-electron chi connectivity index (χ3n) is 10.3. The van der Waals surface area contributed by atoms with Gasteiger partial charge in [0.05, 0.1) is 24.1 Å².